The van der Waals surface area contributed by atoms with Crippen LogP contribution in [0.3, 0.4) is 0 Å². The van der Waals surface area contributed by atoms with Crippen LogP contribution in [-0.2, 0) is 11.3 Å². The predicted octanol–water partition coefficient (Wildman–Crippen LogP) is 5.09. The summed E-state index contributed by atoms with van der Waals surface area (Å²) in [4.78, 5) is 25.6. The first-order valence-corrected chi connectivity index (χ1v) is 13.0. The number of fused-ring (bicyclic) bond motifs is 1. The molecular weight excluding hydrogens is 457 g/mol. The molecule has 2 aromatic carbocycles. The zero-order valence-electron chi connectivity index (χ0n) is 21.3. The molecule has 0 saturated heterocycles. The van der Waals surface area contributed by atoms with Gasteiger partial charge in [-0.05, 0) is 72.6 Å². The van der Waals surface area contributed by atoms with Crippen molar-refractivity contribution in [3.8, 4) is 0 Å². The van der Waals surface area contributed by atoms with E-state index in [1.165, 1.54) is 12.1 Å². The minimum absolute atomic E-state index is 0.0272. The van der Waals surface area contributed by atoms with Crippen molar-refractivity contribution in [3.05, 3.63) is 66.0 Å². The minimum Gasteiger partial charge on any atom is -0.392 e. The standard InChI is InChI=1S/C29H38FN3O3/c1-18(27(35)31-17-20-8-5-4-6-9-20)23-12-14-29(3)15-13-24(19(2)25(29)26(23)34)33-28(36)32-22-11-7-10-21(30)16-22/h4-11,16,18-19,23-26,34H,12-15,17H2,1-3H3,(H,31,35)(H2,32,33,36)/t18-,19+,23?,24-,25+,26-,29-/m0/s1. The monoisotopic (exact) mass is 495 g/mol. The maximum atomic E-state index is 13.5. The lowest BCUT2D eigenvalue weighted by Gasteiger charge is -2.56. The molecule has 3 amide bonds. The van der Waals surface area contributed by atoms with E-state index >= 15 is 0 Å². The third-order valence-corrected chi connectivity index (χ3v) is 8.65. The number of carbonyl (C=O) groups is 2. The fourth-order valence-electron chi connectivity index (χ4n) is 6.54. The molecule has 4 rings (SSSR count). The van der Waals surface area contributed by atoms with Crippen LogP contribution in [0.4, 0.5) is 14.9 Å². The molecule has 0 aromatic heterocycles. The van der Waals surface area contributed by atoms with Crippen molar-refractivity contribution in [1.82, 2.24) is 10.6 Å². The maximum absolute atomic E-state index is 13.5. The quantitative estimate of drug-likeness (QED) is 0.450. The Balaban J connectivity index is 1.39. The van der Waals surface area contributed by atoms with Crippen LogP contribution in [0.25, 0.3) is 0 Å². The summed E-state index contributed by atoms with van der Waals surface area (Å²) in [7, 11) is 0. The molecule has 2 saturated carbocycles. The van der Waals surface area contributed by atoms with E-state index in [1.54, 1.807) is 12.1 Å². The Morgan fingerprint density at radius 2 is 1.83 bits per heavy atom. The van der Waals surface area contributed by atoms with Gasteiger partial charge >= 0.3 is 6.03 Å². The van der Waals surface area contributed by atoms with Gasteiger partial charge in [-0.15, -0.1) is 0 Å². The number of hydrogen-bond acceptors (Lipinski definition) is 3. The highest BCUT2D eigenvalue weighted by Crippen LogP contribution is 2.55. The Hall–Kier alpha value is -2.93. The van der Waals surface area contributed by atoms with Gasteiger partial charge in [0, 0.05) is 24.2 Å². The molecule has 0 bridgehead atoms. The Labute approximate surface area is 213 Å². The first-order valence-electron chi connectivity index (χ1n) is 13.0. The summed E-state index contributed by atoms with van der Waals surface area (Å²) >= 11 is 0. The van der Waals surface area contributed by atoms with Gasteiger partial charge in [-0.25, -0.2) is 9.18 Å². The lowest BCUT2D eigenvalue weighted by Crippen LogP contribution is -2.58. The number of urea groups is 1. The number of benzene rings is 2. The SMILES string of the molecule is C[C@H]1[C@@H]2[C@@H](O)C([C@H](C)C(=O)NCc3ccccc3)CC[C@@]2(C)CC[C@@H]1NC(=O)Nc1cccc(F)c1. The molecule has 194 valence electrons. The molecule has 0 spiro atoms. The third-order valence-electron chi connectivity index (χ3n) is 8.65. The Morgan fingerprint density at radius 1 is 1.11 bits per heavy atom. The Bertz CT molecular complexity index is 1060. The Morgan fingerprint density at radius 3 is 2.56 bits per heavy atom. The summed E-state index contributed by atoms with van der Waals surface area (Å²) in [6.07, 6.45) is 2.83. The van der Waals surface area contributed by atoms with Crippen molar-refractivity contribution in [1.29, 1.82) is 0 Å². The smallest absolute Gasteiger partial charge is 0.319 e. The van der Waals surface area contributed by atoms with Crippen LogP contribution < -0.4 is 16.0 Å². The van der Waals surface area contributed by atoms with Crippen LogP contribution in [-0.4, -0.2) is 29.2 Å². The average molecular weight is 496 g/mol. The van der Waals surface area contributed by atoms with Crippen molar-refractivity contribution >= 4 is 17.6 Å². The van der Waals surface area contributed by atoms with E-state index in [0.717, 1.165) is 31.2 Å². The van der Waals surface area contributed by atoms with Gasteiger partial charge in [0.25, 0.3) is 0 Å². The van der Waals surface area contributed by atoms with Gasteiger partial charge in [-0.2, -0.15) is 0 Å². The van der Waals surface area contributed by atoms with Gasteiger partial charge in [0.1, 0.15) is 5.82 Å². The number of aliphatic hydroxyl groups is 1. The van der Waals surface area contributed by atoms with Crippen LogP contribution in [0, 0.1) is 34.9 Å². The highest BCUT2D eigenvalue weighted by atomic mass is 19.1. The molecule has 2 aliphatic carbocycles. The lowest BCUT2D eigenvalue weighted by molar-refractivity contribution is -0.142. The van der Waals surface area contributed by atoms with Crippen molar-refractivity contribution in [3.63, 3.8) is 0 Å². The molecule has 7 atom stereocenters. The second kappa shape index (κ2) is 11.0. The fraction of sp³-hybridized carbons (Fsp3) is 0.517. The molecule has 2 aromatic rings. The molecule has 4 N–H and O–H groups in total. The van der Waals surface area contributed by atoms with Gasteiger partial charge in [-0.3, -0.25) is 4.79 Å². The fourth-order valence-corrected chi connectivity index (χ4v) is 6.54. The third kappa shape index (κ3) is 5.72. The van der Waals surface area contributed by atoms with Gasteiger partial charge < -0.3 is 21.1 Å². The van der Waals surface area contributed by atoms with E-state index in [-0.39, 0.29) is 47.1 Å². The molecular formula is C29H38FN3O3. The summed E-state index contributed by atoms with van der Waals surface area (Å²) in [6.45, 7) is 6.70. The first-order chi connectivity index (χ1) is 17.2. The van der Waals surface area contributed by atoms with Gasteiger partial charge in [0.05, 0.1) is 6.10 Å². The number of halogens is 1. The molecule has 6 nitrogen and oxygen atoms in total. The second-order valence-electron chi connectivity index (χ2n) is 11.0. The molecule has 0 aliphatic heterocycles. The maximum Gasteiger partial charge on any atom is 0.319 e. The topological polar surface area (TPSA) is 90.5 Å². The zero-order chi connectivity index (χ0) is 25.9. The predicted molar refractivity (Wildman–Crippen MR) is 139 cm³/mol. The van der Waals surface area contributed by atoms with Crippen molar-refractivity contribution in [2.45, 2.75) is 65.1 Å². The number of aliphatic hydroxyl groups excluding tert-OH is 1. The second-order valence-corrected chi connectivity index (χ2v) is 11.0. The van der Waals surface area contributed by atoms with Crippen molar-refractivity contribution < 1.29 is 19.1 Å². The number of carbonyl (C=O) groups excluding carboxylic acids is 2. The van der Waals surface area contributed by atoms with E-state index < -0.39 is 11.9 Å². The van der Waals surface area contributed by atoms with E-state index in [4.69, 9.17) is 0 Å². The molecule has 2 aliphatic rings. The largest absolute Gasteiger partial charge is 0.392 e. The van der Waals surface area contributed by atoms with E-state index in [9.17, 15) is 19.1 Å². The van der Waals surface area contributed by atoms with Crippen LogP contribution in [0.15, 0.2) is 54.6 Å². The normalized spacial score (nSPS) is 30.5. The summed E-state index contributed by atoms with van der Waals surface area (Å²) in [5.41, 5.74) is 1.40. The van der Waals surface area contributed by atoms with Gasteiger partial charge in [0.15, 0.2) is 0 Å². The van der Waals surface area contributed by atoms with Crippen LogP contribution in [0.2, 0.25) is 0 Å². The van der Waals surface area contributed by atoms with Crippen molar-refractivity contribution in [2.75, 3.05) is 5.32 Å². The number of nitrogens with one attached hydrogen (secondary N) is 3. The number of anilines is 1. The summed E-state index contributed by atoms with van der Waals surface area (Å²) in [6, 6.07) is 15.1. The lowest BCUT2D eigenvalue weighted by atomic mass is 9.52. The highest BCUT2D eigenvalue weighted by molar-refractivity contribution is 5.89. The van der Waals surface area contributed by atoms with E-state index in [2.05, 4.69) is 29.8 Å². The summed E-state index contributed by atoms with van der Waals surface area (Å²) < 4.78 is 13.5. The number of rotatable bonds is 6. The summed E-state index contributed by atoms with van der Waals surface area (Å²) in [5.74, 6) is -0.911. The molecule has 0 radical (unpaired) electrons. The number of amides is 3. The van der Waals surface area contributed by atoms with Crippen LogP contribution in [0.1, 0.15) is 52.0 Å². The molecule has 0 heterocycles. The summed E-state index contributed by atoms with van der Waals surface area (Å²) in [5, 5.41) is 20.4. The number of hydrogen-bond donors (Lipinski definition) is 4. The van der Waals surface area contributed by atoms with E-state index in [0.29, 0.717) is 12.2 Å². The molecule has 36 heavy (non-hydrogen) atoms. The molecule has 2 fully saturated rings. The average Bonchev–Trinajstić information content (AvgIpc) is 2.85. The Kier molecular flexibility index (Phi) is 7.98. The van der Waals surface area contributed by atoms with E-state index in [1.807, 2.05) is 37.3 Å². The van der Waals surface area contributed by atoms with Crippen LogP contribution >= 0.6 is 0 Å². The minimum atomic E-state index is -0.632. The van der Waals surface area contributed by atoms with Gasteiger partial charge in [0.2, 0.25) is 5.91 Å². The highest BCUT2D eigenvalue weighted by Gasteiger charge is 2.53. The molecule has 7 heteroatoms. The first kappa shape index (κ1) is 26.1. The zero-order valence-corrected chi connectivity index (χ0v) is 21.3. The molecule has 1 unspecified atom stereocenters. The van der Waals surface area contributed by atoms with Crippen molar-refractivity contribution in [2.24, 2.45) is 29.1 Å². The van der Waals surface area contributed by atoms with Crippen LogP contribution in [0.5, 0.6) is 0 Å². The van der Waals surface area contributed by atoms with Gasteiger partial charge in [-0.1, -0.05) is 57.2 Å².